The van der Waals surface area contributed by atoms with Crippen molar-refractivity contribution in [3.8, 4) is 11.8 Å². The zero-order chi connectivity index (χ0) is 12.8. The fourth-order valence-corrected chi connectivity index (χ4v) is 1.74. The van der Waals surface area contributed by atoms with E-state index in [0.717, 1.165) is 24.2 Å². The van der Waals surface area contributed by atoms with Gasteiger partial charge in [0.15, 0.2) is 0 Å². The van der Waals surface area contributed by atoms with Gasteiger partial charge >= 0.3 is 0 Å². The molecule has 1 N–H and O–H groups in total. The van der Waals surface area contributed by atoms with Gasteiger partial charge in [0, 0.05) is 18.9 Å². The Kier molecular flexibility index (Phi) is 3.98. The van der Waals surface area contributed by atoms with Crippen LogP contribution in [0.4, 0.5) is 0 Å². The molecule has 0 aliphatic rings. The molecule has 0 unspecified atom stereocenters. The summed E-state index contributed by atoms with van der Waals surface area (Å²) >= 11 is 0. The van der Waals surface area contributed by atoms with E-state index in [4.69, 9.17) is 0 Å². The van der Waals surface area contributed by atoms with Crippen molar-refractivity contribution in [2.45, 2.75) is 19.8 Å². The number of nitrogens with one attached hydrogen (secondary N) is 1. The number of carbonyl (C=O) groups excluding carboxylic acids is 1. The molecule has 2 aromatic rings. The first-order valence-corrected chi connectivity index (χ1v) is 5.93. The summed E-state index contributed by atoms with van der Waals surface area (Å²) in [6, 6.07) is 5.92. The molecule has 0 fully saturated rings. The van der Waals surface area contributed by atoms with Gasteiger partial charge in [-0.15, -0.1) is 0 Å². The first-order chi connectivity index (χ1) is 8.79. The largest absolute Gasteiger partial charge is 0.345 e. The van der Waals surface area contributed by atoms with Crippen molar-refractivity contribution in [3.05, 3.63) is 36.3 Å². The Labute approximate surface area is 106 Å². The van der Waals surface area contributed by atoms with E-state index in [1.54, 1.807) is 6.92 Å². The molecule has 2 rings (SSSR count). The standard InChI is InChI=1S/C14H15N3O/c1-2-6-14(18)15-9-5-7-12-11-17-10-4-3-8-13(17)16-12/h3-4,8,10-11H,5,7,9H2,1H3,(H,15,18). The highest BCUT2D eigenvalue weighted by Gasteiger charge is 2.01. The molecule has 0 atom stereocenters. The summed E-state index contributed by atoms with van der Waals surface area (Å²) in [6.45, 7) is 2.28. The van der Waals surface area contributed by atoms with Crippen LogP contribution in [0.1, 0.15) is 19.0 Å². The minimum atomic E-state index is -0.215. The Morgan fingerprint density at radius 1 is 1.50 bits per heavy atom. The van der Waals surface area contributed by atoms with E-state index in [1.165, 1.54) is 0 Å². The number of rotatable bonds is 4. The van der Waals surface area contributed by atoms with Gasteiger partial charge in [-0.25, -0.2) is 4.98 Å². The molecular weight excluding hydrogens is 226 g/mol. The third-order valence-electron chi connectivity index (χ3n) is 2.55. The summed E-state index contributed by atoms with van der Waals surface area (Å²) in [7, 11) is 0. The number of hydrogen-bond donors (Lipinski definition) is 1. The van der Waals surface area contributed by atoms with Crippen LogP contribution in [-0.4, -0.2) is 21.8 Å². The van der Waals surface area contributed by atoms with Gasteiger partial charge in [-0.2, -0.15) is 0 Å². The highest BCUT2D eigenvalue weighted by molar-refractivity contribution is 5.93. The van der Waals surface area contributed by atoms with Gasteiger partial charge in [0.25, 0.3) is 5.91 Å². The van der Waals surface area contributed by atoms with E-state index in [0.29, 0.717) is 6.54 Å². The first-order valence-electron chi connectivity index (χ1n) is 5.93. The van der Waals surface area contributed by atoms with E-state index >= 15 is 0 Å². The van der Waals surface area contributed by atoms with Crippen LogP contribution in [0, 0.1) is 11.8 Å². The lowest BCUT2D eigenvalue weighted by Crippen LogP contribution is -2.22. The molecule has 0 saturated heterocycles. The van der Waals surface area contributed by atoms with Crippen molar-refractivity contribution in [1.29, 1.82) is 0 Å². The van der Waals surface area contributed by atoms with E-state index in [1.807, 2.05) is 35.0 Å². The normalized spacial score (nSPS) is 9.83. The van der Waals surface area contributed by atoms with Crippen molar-refractivity contribution in [2.75, 3.05) is 6.54 Å². The predicted octanol–water partition coefficient (Wildman–Crippen LogP) is 1.41. The maximum Gasteiger partial charge on any atom is 0.295 e. The van der Waals surface area contributed by atoms with Gasteiger partial charge in [-0.05, 0) is 37.8 Å². The van der Waals surface area contributed by atoms with Crippen molar-refractivity contribution in [2.24, 2.45) is 0 Å². The highest BCUT2D eigenvalue weighted by atomic mass is 16.1. The second-order valence-electron chi connectivity index (χ2n) is 3.93. The van der Waals surface area contributed by atoms with Crippen LogP contribution in [0.3, 0.4) is 0 Å². The fourth-order valence-electron chi connectivity index (χ4n) is 1.74. The van der Waals surface area contributed by atoms with E-state index in [-0.39, 0.29) is 5.91 Å². The molecule has 0 spiro atoms. The fraction of sp³-hybridized carbons (Fsp3) is 0.286. The zero-order valence-electron chi connectivity index (χ0n) is 10.3. The van der Waals surface area contributed by atoms with Gasteiger partial charge in [0.1, 0.15) is 5.65 Å². The molecule has 18 heavy (non-hydrogen) atoms. The van der Waals surface area contributed by atoms with Crippen LogP contribution >= 0.6 is 0 Å². The predicted molar refractivity (Wildman–Crippen MR) is 70.0 cm³/mol. The number of amides is 1. The Morgan fingerprint density at radius 2 is 2.39 bits per heavy atom. The molecule has 0 bridgehead atoms. The quantitative estimate of drug-likeness (QED) is 0.650. The number of aromatic nitrogens is 2. The Morgan fingerprint density at radius 3 is 3.17 bits per heavy atom. The molecule has 2 heterocycles. The zero-order valence-corrected chi connectivity index (χ0v) is 10.3. The Hall–Kier alpha value is -2.28. The molecule has 0 aliphatic carbocycles. The topological polar surface area (TPSA) is 46.4 Å². The lowest BCUT2D eigenvalue weighted by Gasteiger charge is -1.98. The number of fused-ring (bicyclic) bond motifs is 1. The van der Waals surface area contributed by atoms with Crippen LogP contribution in [0.15, 0.2) is 30.6 Å². The number of pyridine rings is 1. The van der Waals surface area contributed by atoms with Gasteiger partial charge in [0.2, 0.25) is 0 Å². The maximum absolute atomic E-state index is 11.1. The molecule has 0 aliphatic heterocycles. The van der Waals surface area contributed by atoms with E-state index < -0.39 is 0 Å². The summed E-state index contributed by atoms with van der Waals surface area (Å²) in [5, 5.41) is 2.74. The number of carbonyl (C=O) groups is 1. The molecule has 1 amide bonds. The smallest absolute Gasteiger partial charge is 0.295 e. The molecule has 2 aromatic heterocycles. The minimum absolute atomic E-state index is 0.215. The third-order valence-corrected chi connectivity index (χ3v) is 2.55. The van der Waals surface area contributed by atoms with Gasteiger partial charge in [-0.1, -0.05) is 12.0 Å². The van der Waals surface area contributed by atoms with Crippen LogP contribution in [0.25, 0.3) is 5.65 Å². The lowest BCUT2D eigenvalue weighted by atomic mass is 10.2. The molecule has 92 valence electrons. The van der Waals surface area contributed by atoms with E-state index in [9.17, 15) is 4.79 Å². The molecule has 0 radical (unpaired) electrons. The molecular formula is C14H15N3O. The average molecular weight is 241 g/mol. The van der Waals surface area contributed by atoms with Crippen molar-refractivity contribution in [3.63, 3.8) is 0 Å². The van der Waals surface area contributed by atoms with Crippen molar-refractivity contribution >= 4 is 11.6 Å². The second-order valence-corrected chi connectivity index (χ2v) is 3.93. The molecule has 4 heteroatoms. The summed E-state index contributed by atoms with van der Waals surface area (Å²) < 4.78 is 2.00. The van der Waals surface area contributed by atoms with Crippen molar-refractivity contribution < 1.29 is 4.79 Å². The Balaban J connectivity index is 1.83. The average Bonchev–Trinajstić information content (AvgIpc) is 2.77. The third kappa shape index (κ3) is 3.11. The van der Waals surface area contributed by atoms with Crippen LogP contribution < -0.4 is 5.32 Å². The van der Waals surface area contributed by atoms with Crippen molar-refractivity contribution in [1.82, 2.24) is 14.7 Å². The SMILES string of the molecule is CC#CC(=O)NCCCc1cn2ccccc2n1. The molecule has 0 aromatic carbocycles. The van der Waals surface area contributed by atoms with Crippen LogP contribution in [-0.2, 0) is 11.2 Å². The van der Waals surface area contributed by atoms with Gasteiger partial charge < -0.3 is 9.72 Å². The molecule has 0 saturated carbocycles. The molecule has 4 nitrogen and oxygen atoms in total. The summed E-state index contributed by atoms with van der Waals surface area (Å²) in [6.07, 6.45) is 5.70. The van der Waals surface area contributed by atoms with Crippen LogP contribution in [0.2, 0.25) is 0 Å². The monoisotopic (exact) mass is 241 g/mol. The number of aryl methyl sites for hydroxylation is 1. The number of nitrogens with zero attached hydrogens (tertiary/aromatic N) is 2. The van der Waals surface area contributed by atoms with Gasteiger partial charge in [0.05, 0.1) is 5.69 Å². The summed E-state index contributed by atoms with van der Waals surface area (Å²) in [5.74, 6) is 4.80. The second kappa shape index (κ2) is 5.87. The Bertz CT molecular complexity index is 571. The minimum Gasteiger partial charge on any atom is -0.345 e. The maximum atomic E-state index is 11.1. The summed E-state index contributed by atoms with van der Waals surface area (Å²) in [5.41, 5.74) is 1.99. The highest BCUT2D eigenvalue weighted by Crippen LogP contribution is 2.05. The van der Waals surface area contributed by atoms with E-state index in [2.05, 4.69) is 22.1 Å². The lowest BCUT2D eigenvalue weighted by molar-refractivity contribution is -0.115. The van der Waals surface area contributed by atoms with Gasteiger partial charge in [-0.3, -0.25) is 4.79 Å². The van der Waals surface area contributed by atoms with Crippen LogP contribution in [0.5, 0.6) is 0 Å². The summed E-state index contributed by atoms with van der Waals surface area (Å²) in [4.78, 5) is 15.6. The number of hydrogen-bond acceptors (Lipinski definition) is 2. The first kappa shape index (κ1) is 12.2. The number of imidazole rings is 1.